The number of fused-ring (bicyclic) bond motifs is 1. The number of amides is 2. The minimum Gasteiger partial charge on any atom is -0.372 e. The molecular weight excluding hydrogens is 326 g/mol. The van der Waals surface area contributed by atoms with E-state index in [1.807, 2.05) is 48.5 Å². The van der Waals surface area contributed by atoms with Gasteiger partial charge in [-0.3, -0.25) is 9.59 Å². The van der Waals surface area contributed by atoms with E-state index in [1.165, 1.54) is 19.3 Å². The summed E-state index contributed by atoms with van der Waals surface area (Å²) >= 11 is 0. The Morgan fingerprint density at radius 2 is 1.73 bits per heavy atom. The maximum Gasteiger partial charge on any atom is 0.254 e. The summed E-state index contributed by atoms with van der Waals surface area (Å²) in [6.07, 6.45) is 4.10. The summed E-state index contributed by atoms with van der Waals surface area (Å²) in [5, 5.41) is 5.81. The van der Waals surface area contributed by atoms with Gasteiger partial charge >= 0.3 is 0 Å². The van der Waals surface area contributed by atoms with Gasteiger partial charge in [0.2, 0.25) is 5.91 Å². The van der Waals surface area contributed by atoms with Crippen molar-refractivity contribution >= 4 is 23.2 Å². The third kappa shape index (κ3) is 3.43. The van der Waals surface area contributed by atoms with Crippen molar-refractivity contribution in [1.29, 1.82) is 0 Å². The summed E-state index contributed by atoms with van der Waals surface area (Å²) in [4.78, 5) is 27.7. The molecule has 4 rings (SSSR count). The highest BCUT2D eigenvalue weighted by Crippen LogP contribution is 2.27. The Bertz CT molecular complexity index is 813. The molecule has 2 N–H and O–H groups in total. The second-order valence-corrected chi connectivity index (χ2v) is 6.98. The molecule has 2 heterocycles. The van der Waals surface area contributed by atoms with Gasteiger partial charge in [-0.2, -0.15) is 0 Å². The molecule has 134 valence electrons. The lowest BCUT2D eigenvalue weighted by molar-refractivity contribution is -0.117. The smallest absolute Gasteiger partial charge is 0.254 e. The molecule has 0 aliphatic carbocycles. The lowest BCUT2D eigenvalue weighted by Gasteiger charge is -2.29. The van der Waals surface area contributed by atoms with Crippen LogP contribution in [0.15, 0.2) is 48.5 Å². The Morgan fingerprint density at radius 3 is 2.50 bits per heavy atom. The van der Waals surface area contributed by atoms with Crippen LogP contribution in [0, 0.1) is 0 Å². The van der Waals surface area contributed by atoms with Gasteiger partial charge in [0, 0.05) is 25.2 Å². The first kappa shape index (κ1) is 16.6. The number of anilines is 2. The SMILES string of the molecule is O=C1N[C@@H](Cc2ccccc2)C(=O)Nc2ccc(N3CCCCC3)cc21. The van der Waals surface area contributed by atoms with Crippen molar-refractivity contribution < 1.29 is 9.59 Å². The predicted octanol–water partition coefficient (Wildman–Crippen LogP) is 2.97. The highest BCUT2D eigenvalue weighted by molar-refractivity contribution is 6.10. The number of nitrogens with zero attached hydrogens (tertiary/aromatic N) is 1. The van der Waals surface area contributed by atoms with Gasteiger partial charge in [-0.05, 0) is 43.0 Å². The molecule has 2 amide bonds. The molecule has 5 heteroatoms. The molecule has 2 aromatic rings. The molecule has 5 nitrogen and oxygen atoms in total. The number of benzene rings is 2. The average Bonchev–Trinajstić information content (AvgIpc) is 2.79. The lowest BCUT2D eigenvalue weighted by atomic mass is 10.1. The minimum absolute atomic E-state index is 0.174. The highest BCUT2D eigenvalue weighted by Gasteiger charge is 2.28. The van der Waals surface area contributed by atoms with Crippen molar-refractivity contribution in [3.63, 3.8) is 0 Å². The number of hydrogen-bond donors (Lipinski definition) is 2. The number of hydrogen-bond acceptors (Lipinski definition) is 3. The lowest BCUT2D eigenvalue weighted by Crippen LogP contribution is -2.42. The first-order valence-corrected chi connectivity index (χ1v) is 9.25. The van der Waals surface area contributed by atoms with E-state index >= 15 is 0 Å². The van der Waals surface area contributed by atoms with Crippen LogP contribution in [-0.2, 0) is 11.2 Å². The molecule has 2 aromatic carbocycles. The van der Waals surface area contributed by atoms with Crippen LogP contribution in [0.4, 0.5) is 11.4 Å². The fourth-order valence-electron chi connectivity index (χ4n) is 3.69. The van der Waals surface area contributed by atoms with Gasteiger partial charge in [0.05, 0.1) is 11.3 Å². The quantitative estimate of drug-likeness (QED) is 0.896. The van der Waals surface area contributed by atoms with E-state index in [-0.39, 0.29) is 11.8 Å². The number of nitrogens with one attached hydrogen (secondary N) is 2. The molecule has 1 fully saturated rings. The second-order valence-electron chi connectivity index (χ2n) is 6.98. The Labute approximate surface area is 153 Å². The molecule has 0 spiro atoms. The van der Waals surface area contributed by atoms with Crippen LogP contribution < -0.4 is 15.5 Å². The monoisotopic (exact) mass is 349 g/mol. The number of carbonyl (C=O) groups is 2. The van der Waals surface area contributed by atoms with Crippen LogP contribution in [0.5, 0.6) is 0 Å². The zero-order valence-corrected chi connectivity index (χ0v) is 14.7. The molecule has 2 aliphatic heterocycles. The standard InChI is InChI=1S/C21H23N3O2/c25-20-17-14-16(24-11-5-2-6-12-24)9-10-18(17)22-21(26)19(23-20)13-15-7-3-1-4-8-15/h1,3-4,7-10,14,19H,2,5-6,11-13H2,(H,22,26)(H,23,25)/t19-/m0/s1. The van der Waals surface area contributed by atoms with Gasteiger partial charge in [0.1, 0.15) is 6.04 Å². The summed E-state index contributed by atoms with van der Waals surface area (Å²) in [5.41, 5.74) is 3.20. The van der Waals surface area contributed by atoms with E-state index in [1.54, 1.807) is 0 Å². The van der Waals surface area contributed by atoms with Crippen LogP contribution in [0.25, 0.3) is 0 Å². The van der Waals surface area contributed by atoms with Gasteiger partial charge in [0.25, 0.3) is 5.91 Å². The van der Waals surface area contributed by atoms with Crippen molar-refractivity contribution in [3.05, 3.63) is 59.7 Å². The fourth-order valence-corrected chi connectivity index (χ4v) is 3.69. The first-order chi connectivity index (χ1) is 12.7. The van der Waals surface area contributed by atoms with Crippen LogP contribution in [0.1, 0.15) is 35.2 Å². The third-order valence-electron chi connectivity index (χ3n) is 5.13. The molecule has 0 aromatic heterocycles. The van der Waals surface area contributed by atoms with Gasteiger partial charge in [-0.15, -0.1) is 0 Å². The maximum atomic E-state index is 12.8. The normalized spacial score (nSPS) is 20.0. The van der Waals surface area contributed by atoms with Crippen molar-refractivity contribution in [2.24, 2.45) is 0 Å². The average molecular weight is 349 g/mol. The van der Waals surface area contributed by atoms with Crippen molar-refractivity contribution in [2.45, 2.75) is 31.7 Å². The molecular formula is C21H23N3O2. The molecule has 1 saturated heterocycles. The van der Waals surface area contributed by atoms with Crippen LogP contribution in [0.3, 0.4) is 0 Å². The van der Waals surface area contributed by atoms with E-state index in [9.17, 15) is 9.59 Å². The van der Waals surface area contributed by atoms with Gasteiger partial charge in [-0.1, -0.05) is 30.3 Å². The Kier molecular flexibility index (Phi) is 4.61. The molecule has 0 unspecified atom stereocenters. The zero-order valence-electron chi connectivity index (χ0n) is 14.7. The molecule has 0 bridgehead atoms. The minimum atomic E-state index is -0.573. The van der Waals surface area contributed by atoms with Crippen molar-refractivity contribution in [1.82, 2.24) is 5.32 Å². The number of carbonyl (C=O) groups excluding carboxylic acids is 2. The van der Waals surface area contributed by atoms with Gasteiger partial charge in [-0.25, -0.2) is 0 Å². The first-order valence-electron chi connectivity index (χ1n) is 9.25. The van der Waals surface area contributed by atoms with E-state index in [2.05, 4.69) is 15.5 Å². The second kappa shape index (κ2) is 7.20. The van der Waals surface area contributed by atoms with Gasteiger partial charge in [0.15, 0.2) is 0 Å². The van der Waals surface area contributed by atoms with Gasteiger partial charge < -0.3 is 15.5 Å². The van der Waals surface area contributed by atoms with Crippen molar-refractivity contribution in [2.75, 3.05) is 23.3 Å². The topological polar surface area (TPSA) is 61.4 Å². The Hall–Kier alpha value is -2.82. The summed E-state index contributed by atoms with van der Waals surface area (Å²) in [5.74, 6) is -0.371. The Morgan fingerprint density at radius 1 is 0.962 bits per heavy atom. The highest BCUT2D eigenvalue weighted by atomic mass is 16.2. The maximum absolute atomic E-state index is 12.8. The van der Waals surface area contributed by atoms with Crippen LogP contribution >= 0.6 is 0 Å². The summed E-state index contributed by atoms with van der Waals surface area (Å²) in [7, 11) is 0. The molecule has 1 atom stereocenters. The summed E-state index contributed by atoms with van der Waals surface area (Å²) < 4.78 is 0. The Balaban J connectivity index is 1.57. The van der Waals surface area contributed by atoms with Crippen molar-refractivity contribution in [3.8, 4) is 0 Å². The summed E-state index contributed by atoms with van der Waals surface area (Å²) in [6.45, 7) is 2.03. The molecule has 2 aliphatic rings. The van der Waals surface area contributed by atoms with E-state index < -0.39 is 6.04 Å². The molecule has 0 saturated carbocycles. The predicted molar refractivity (Wildman–Crippen MR) is 103 cm³/mol. The molecule has 0 radical (unpaired) electrons. The largest absolute Gasteiger partial charge is 0.372 e. The van der Waals surface area contributed by atoms with E-state index in [0.717, 1.165) is 24.3 Å². The van der Waals surface area contributed by atoms with E-state index in [4.69, 9.17) is 0 Å². The fraction of sp³-hybridized carbons (Fsp3) is 0.333. The van der Waals surface area contributed by atoms with E-state index in [0.29, 0.717) is 17.7 Å². The number of piperidine rings is 1. The van der Waals surface area contributed by atoms with Crippen LogP contribution in [0.2, 0.25) is 0 Å². The third-order valence-corrected chi connectivity index (χ3v) is 5.13. The number of rotatable bonds is 3. The molecule has 26 heavy (non-hydrogen) atoms. The summed E-state index contributed by atoms with van der Waals surface area (Å²) in [6, 6.07) is 14.9. The zero-order chi connectivity index (χ0) is 17.9. The van der Waals surface area contributed by atoms with Crippen LogP contribution in [-0.4, -0.2) is 30.9 Å².